The van der Waals surface area contributed by atoms with Crippen molar-refractivity contribution >= 4 is 11.6 Å². The average Bonchev–Trinajstić information content (AvgIpc) is 3.05. The van der Waals surface area contributed by atoms with E-state index in [1.807, 2.05) is 0 Å². The van der Waals surface area contributed by atoms with Crippen molar-refractivity contribution in [2.45, 2.75) is 76.2 Å². The van der Waals surface area contributed by atoms with E-state index < -0.39 is 29.7 Å². The predicted octanol–water partition coefficient (Wildman–Crippen LogP) is 1.89. The lowest BCUT2D eigenvalue weighted by Crippen LogP contribution is -2.33. The molecule has 0 bridgehead atoms. The van der Waals surface area contributed by atoms with E-state index in [9.17, 15) is 19.8 Å². The van der Waals surface area contributed by atoms with Gasteiger partial charge in [0.15, 0.2) is 0 Å². The third-order valence-corrected chi connectivity index (χ3v) is 5.09. The third-order valence-electron chi connectivity index (χ3n) is 4.82. The number of aromatic nitrogens is 2. The molecular weight excluding hydrogens is 384 g/mol. The van der Waals surface area contributed by atoms with Gasteiger partial charge in [0.1, 0.15) is 17.9 Å². The van der Waals surface area contributed by atoms with Crippen LogP contribution in [-0.2, 0) is 4.74 Å². The first-order valence-corrected chi connectivity index (χ1v) is 10.4. The minimum Gasteiger partial charge on any atom is -0.394 e. The fraction of sp³-hybridized carbons (Fsp3) is 0.700. The van der Waals surface area contributed by atoms with Crippen LogP contribution in [0.4, 0.5) is 0 Å². The van der Waals surface area contributed by atoms with Gasteiger partial charge in [-0.25, -0.2) is 4.79 Å². The molecule has 28 heavy (non-hydrogen) atoms. The van der Waals surface area contributed by atoms with Gasteiger partial charge in [-0.3, -0.25) is 14.3 Å². The van der Waals surface area contributed by atoms with Crippen molar-refractivity contribution in [3.8, 4) is 11.8 Å². The van der Waals surface area contributed by atoms with Crippen LogP contribution in [0, 0.1) is 11.8 Å². The SMILES string of the molecule is O=c1[nH]c(=O)n([C@H]2C[C@H](O)[C@@H](CO)O2)cc1C#CCCCCCCCCCCl. The maximum Gasteiger partial charge on any atom is 0.330 e. The van der Waals surface area contributed by atoms with E-state index >= 15 is 0 Å². The second kappa shape index (κ2) is 12.1. The van der Waals surface area contributed by atoms with E-state index in [1.54, 1.807) is 0 Å². The predicted molar refractivity (Wildman–Crippen MR) is 107 cm³/mol. The number of alkyl halides is 1. The van der Waals surface area contributed by atoms with Crippen LogP contribution in [-0.4, -0.2) is 44.5 Å². The summed E-state index contributed by atoms with van der Waals surface area (Å²) in [5.74, 6) is 6.54. The van der Waals surface area contributed by atoms with Crippen LogP contribution in [0.3, 0.4) is 0 Å². The summed E-state index contributed by atoms with van der Waals surface area (Å²) < 4.78 is 6.69. The van der Waals surface area contributed by atoms with Crippen LogP contribution in [0.25, 0.3) is 0 Å². The molecule has 8 heteroatoms. The van der Waals surface area contributed by atoms with Crippen LogP contribution in [0.15, 0.2) is 15.8 Å². The molecule has 156 valence electrons. The summed E-state index contributed by atoms with van der Waals surface area (Å²) in [5.41, 5.74) is -0.975. The number of aliphatic hydroxyl groups excluding tert-OH is 2. The number of ether oxygens (including phenoxy) is 1. The third kappa shape index (κ3) is 6.78. The summed E-state index contributed by atoms with van der Waals surface area (Å²) in [4.78, 5) is 26.3. The largest absolute Gasteiger partial charge is 0.394 e. The number of aromatic amines is 1. The highest BCUT2D eigenvalue weighted by molar-refractivity contribution is 6.17. The lowest BCUT2D eigenvalue weighted by molar-refractivity contribution is -0.0459. The zero-order valence-electron chi connectivity index (χ0n) is 16.0. The van der Waals surface area contributed by atoms with Gasteiger partial charge in [-0.2, -0.15) is 0 Å². The summed E-state index contributed by atoms with van der Waals surface area (Å²) in [5, 5.41) is 19.0. The van der Waals surface area contributed by atoms with Crippen LogP contribution >= 0.6 is 11.6 Å². The maximum atomic E-state index is 12.1. The molecule has 0 saturated carbocycles. The summed E-state index contributed by atoms with van der Waals surface area (Å²) in [7, 11) is 0. The molecule has 0 aliphatic carbocycles. The number of nitrogens with zero attached hydrogens (tertiary/aromatic N) is 1. The summed E-state index contributed by atoms with van der Waals surface area (Å²) in [6, 6.07) is 0. The number of H-pyrrole nitrogens is 1. The first-order chi connectivity index (χ1) is 13.6. The van der Waals surface area contributed by atoms with E-state index in [2.05, 4.69) is 16.8 Å². The molecule has 1 aromatic rings. The number of nitrogens with one attached hydrogen (secondary N) is 1. The minimum atomic E-state index is -0.863. The molecule has 1 aromatic heterocycles. The van der Waals surface area contributed by atoms with E-state index in [0.717, 1.165) is 25.1 Å². The lowest BCUT2D eigenvalue weighted by Gasteiger charge is -2.14. The number of hydrogen-bond donors (Lipinski definition) is 3. The molecule has 7 nitrogen and oxygen atoms in total. The standard InChI is InChI=1S/C20H29ClN2O5/c21-11-9-7-5-3-1-2-4-6-8-10-15-13-23(20(27)22-19(15)26)18-12-16(25)17(14-24)28-18/h13,16-18,24-25H,1-7,9,11-12,14H2,(H,22,26,27)/t16-,17+,18+/m0/s1. The number of unbranched alkanes of at least 4 members (excludes halogenated alkanes) is 7. The van der Waals surface area contributed by atoms with Crippen molar-refractivity contribution < 1.29 is 14.9 Å². The summed E-state index contributed by atoms with van der Waals surface area (Å²) in [6.07, 6.45) is 7.78. The zero-order chi connectivity index (χ0) is 20.4. The van der Waals surface area contributed by atoms with Crippen LogP contribution < -0.4 is 11.2 Å². The van der Waals surface area contributed by atoms with Crippen molar-refractivity contribution in [1.29, 1.82) is 0 Å². The van der Waals surface area contributed by atoms with Crippen molar-refractivity contribution in [2.24, 2.45) is 0 Å². The molecule has 0 spiro atoms. The van der Waals surface area contributed by atoms with Gasteiger partial charge < -0.3 is 14.9 Å². The van der Waals surface area contributed by atoms with E-state index in [4.69, 9.17) is 16.3 Å². The Morgan fingerprint density at radius 3 is 2.50 bits per heavy atom. The lowest BCUT2D eigenvalue weighted by atomic mass is 10.1. The molecule has 0 radical (unpaired) electrons. The topological polar surface area (TPSA) is 105 Å². The van der Waals surface area contributed by atoms with Gasteiger partial charge in [0, 0.05) is 24.9 Å². The molecule has 0 unspecified atom stereocenters. The van der Waals surface area contributed by atoms with Gasteiger partial charge in [0.2, 0.25) is 0 Å². The van der Waals surface area contributed by atoms with Gasteiger partial charge in [-0.1, -0.05) is 43.9 Å². The zero-order valence-corrected chi connectivity index (χ0v) is 16.8. The molecular formula is C20H29ClN2O5. The molecule has 0 amide bonds. The Balaban J connectivity index is 1.87. The van der Waals surface area contributed by atoms with E-state index in [1.165, 1.54) is 36.4 Å². The first-order valence-electron chi connectivity index (χ1n) is 9.91. The Labute approximate surface area is 169 Å². The smallest absolute Gasteiger partial charge is 0.330 e. The summed E-state index contributed by atoms with van der Waals surface area (Å²) >= 11 is 5.65. The Bertz CT molecular complexity index is 779. The van der Waals surface area contributed by atoms with Gasteiger partial charge in [-0.05, 0) is 12.8 Å². The molecule has 0 aromatic carbocycles. The number of hydrogen-bond acceptors (Lipinski definition) is 5. The Hall–Kier alpha value is -1.59. The fourth-order valence-corrected chi connectivity index (χ4v) is 3.38. The normalized spacial score (nSPS) is 21.5. The van der Waals surface area contributed by atoms with E-state index in [0.29, 0.717) is 6.42 Å². The molecule has 2 heterocycles. The number of aliphatic hydroxyl groups is 2. The molecule has 1 aliphatic rings. The highest BCUT2D eigenvalue weighted by Crippen LogP contribution is 2.27. The highest BCUT2D eigenvalue weighted by Gasteiger charge is 2.35. The second-order valence-electron chi connectivity index (χ2n) is 7.04. The van der Waals surface area contributed by atoms with Crippen molar-refractivity contribution in [3.05, 3.63) is 32.6 Å². The quantitative estimate of drug-likeness (QED) is 0.309. The molecule has 1 aliphatic heterocycles. The first kappa shape index (κ1) is 22.7. The van der Waals surface area contributed by atoms with Gasteiger partial charge >= 0.3 is 5.69 Å². The van der Waals surface area contributed by atoms with Crippen LogP contribution in [0.5, 0.6) is 0 Å². The molecule has 3 atom stereocenters. The van der Waals surface area contributed by atoms with Gasteiger partial charge in [0.05, 0.1) is 12.7 Å². The summed E-state index contributed by atoms with van der Waals surface area (Å²) in [6.45, 7) is -0.338. The maximum absolute atomic E-state index is 12.1. The highest BCUT2D eigenvalue weighted by atomic mass is 35.5. The average molecular weight is 413 g/mol. The van der Waals surface area contributed by atoms with Crippen LogP contribution in [0.2, 0.25) is 0 Å². The Kier molecular flexibility index (Phi) is 9.79. The van der Waals surface area contributed by atoms with Gasteiger partial charge in [0.25, 0.3) is 5.56 Å². The van der Waals surface area contributed by atoms with Crippen molar-refractivity contribution in [2.75, 3.05) is 12.5 Å². The fourth-order valence-electron chi connectivity index (χ4n) is 3.19. The van der Waals surface area contributed by atoms with Gasteiger partial charge in [-0.15, -0.1) is 11.6 Å². The molecule has 2 rings (SSSR count). The number of halogens is 1. The molecule has 1 fully saturated rings. The Morgan fingerprint density at radius 2 is 1.86 bits per heavy atom. The molecule has 3 N–H and O–H groups in total. The minimum absolute atomic E-state index is 0.162. The van der Waals surface area contributed by atoms with Crippen molar-refractivity contribution in [3.63, 3.8) is 0 Å². The monoisotopic (exact) mass is 412 g/mol. The number of rotatable bonds is 10. The molecule has 1 saturated heterocycles. The van der Waals surface area contributed by atoms with Crippen LogP contribution in [0.1, 0.15) is 69.6 Å². The van der Waals surface area contributed by atoms with E-state index in [-0.39, 0.29) is 18.6 Å². The van der Waals surface area contributed by atoms with Crippen molar-refractivity contribution in [1.82, 2.24) is 9.55 Å². The second-order valence-corrected chi connectivity index (χ2v) is 7.42. The Morgan fingerprint density at radius 1 is 1.18 bits per heavy atom.